The molecule has 0 spiro atoms. The topological polar surface area (TPSA) is 101 Å². The summed E-state index contributed by atoms with van der Waals surface area (Å²) in [6.07, 6.45) is 2.88. The van der Waals surface area contributed by atoms with E-state index in [0.29, 0.717) is 42.3 Å². The number of rotatable bonds is 7. The van der Waals surface area contributed by atoms with Crippen molar-refractivity contribution in [1.29, 1.82) is 0 Å². The Morgan fingerprint density at radius 3 is 2.40 bits per heavy atom. The fourth-order valence-electron chi connectivity index (χ4n) is 6.77. The molecule has 0 saturated heterocycles. The summed E-state index contributed by atoms with van der Waals surface area (Å²) in [5, 5.41) is 23.4. The van der Waals surface area contributed by atoms with Crippen LogP contribution in [-0.2, 0) is 20.8 Å². The molecule has 0 unspecified atom stereocenters. The zero-order chi connectivity index (χ0) is 28.9. The molecule has 2 aromatic carbocycles. The number of ether oxygens (including phenoxy) is 1. The summed E-state index contributed by atoms with van der Waals surface area (Å²) in [7, 11) is 0. The Bertz CT molecular complexity index is 1460. The van der Waals surface area contributed by atoms with E-state index in [2.05, 4.69) is 45.0 Å². The summed E-state index contributed by atoms with van der Waals surface area (Å²) in [6, 6.07) is 12.2. The van der Waals surface area contributed by atoms with E-state index in [9.17, 15) is 24.6 Å². The van der Waals surface area contributed by atoms with Crippen molar-refractivity contribution in [3.05, 3.63) is 69.8 Å². The van der Waals surface area contributed by atoms with E-state index in [0.717, 1.165) is 29.5 Å². The third kappa shape index (κ3) is 4.33. The summed E-state index contributed by atoms with van der Waals surface area (Å²) in [5.74, 6) is -2.48. The molecule has 0 heterocycles. The van der Waals surface area contributed by atoms with Crippen molar-refractivity contribution < 1.29 is 29.3 Å². The Hall–Kier alpha value is -3.51. The first-order valence-electron chi connectivity index (χ1n) is 14.4. The van der Waals surface area contributed by atoms with Gasteiger partial charge in [-0.1, -0.05) is 63.1 Å². The van der Waals surface area contributed by atoms with Crippen LogP contribution < -0.4 is 4.74 Å². The predicted octanol–water partition coefficient (Wildman–Crippen LogP) is 6.30. The van der Waals surface area contributed by atoms with Crippen molar-refractivity contribution in [2.45, 2.75) is 78.2 Å². The maximum atomic E-state index is 14.0. The second kappa shape index (κ2) is 10.5. The summed E-state index contributed by atoms with van der Waals surface area (Å²) in [6.45, 7) is 9.82. The fraction of sp³-hybridized carbons (Fsp3) is 0.441. The number of aliphatic hydroxyl groups excluding tert-OH is 1. The van der Waals surface area contributed by atoms with Crippen LogP contribution in [-0.4, -0.2) is 39.8 Å². The van der Waals surface area contributed by atoms with Crippen LogP contribution in [0.2, 0.25) is 0 Å². The molecule has 6 nitrogen and oxygen atoms in total. The van der Waals surface area contributed by atoms with Crippen LogP contribution in [0.25, 0.3) is 16.9 Å². The zero-order valence-electron chi connectivity index (χ0n) is 24.0. The molecule has 1 saturated carbocycles. The Morgan fingerprint density at radius 2 is 1.77 bits per heavy atom. The normalized spacial score (nSPS) is 24.2. The van der Waals surface area contributed by atoms with Crippen molar-refractivity contribution in [2.24, 2.45) is 11.8 Å². The van der Waals surface area contributed by atoms with Gasteiger partial charge in [-0.05, 0) is 79.7 Å². The largest absolute Gasteiger partial charge is 0.507 e. The van der Waals surface area contributed by atoms with Crippen molar-refractivity contribution in [2.75, 3.05) is 6.61 Å². The standard InChI is InChI=1S/C34H38O6/c1-6-7-14-40-27-13-12-25(22-10-8-21(9-11-22)18(2)3)26-17-23-16-24-15-19(4)28(20(5)35)32(37)34(24,39)33(38)29(23)31(36)30(26)27/h8-13,18,23-24,36,39H,6-7,14-17H2,1-5H3/t23-,24-,34-/m1/s1. The molecule has 6 heteroatoms. The number of benzene rings is 2. The van der Waals surface area contributed by atoms with Gasteiger partial charge in [0.1, 0.15) is 11.5 Å². The maximum Gasteiger partial charge on any atom is 0.206 e. The van der Waals surface area contributed by atoms with Gasteiger partial charge in [-0.3, -0.25) is 14.4 Å². The van der Waals surface area contributed by atoms with Crippen molar-refractivity contribution >= 4 is 23.1 Å². The lowest BCUT2D eigenvalue weighted by Crippen LogP contribution is -2.61. The van der Waals surface area contributed by atoms with E-state index in [-0.39, 0.29) is 29.2 Å². The first kappa shape index (κ1) is 28.0. The van der Waals surface area contributed by atoms with Gasteiger partial charge in [-0.15, -0.1) is 0 Å². The van der Waals surface area contributed by atoms with Crippen LogP contribution >= 0.6 is 0 Å². The average molecular weight is 543 g/mol. The van der Waals surface area contributed by atoms with Gasteiger partial charge < -0.3 is 14.9 Å². The second-order valence-electron chi connectivity index (χ2n) is 11.9. The van der Waals surface area contributed by atoms with Gasteiger partial charge in [-0.25, -0.2) is 0 Å². The molecule has 2 aromatic rings. The molecule has 3 atom stereocenters. The molecule has 3 aliphatic rings. The van der Waals surface area contributed by atoms with Gasteiger partial charge in [-0.2, -0.15) is 0 Å². The molecule has 0 amide bonds. The summed E-state index contributed by atoms with van der Waals surface area (Å²) in [5.41, 5.74) is 2.76. The molecule has 2 N–H and O–H groups in total. The van der Waals surface area contributed by atoms with E-state index < -0.39 is 28.9 Å². The molecule has 210 valence electrons. The fourth-order valence-corrected chi connectivity index (χ4v) is 6.77. The Morgan fingerprint density at radius 1 is 1.07 bits per heavy atom. The zero-order valence-corrected chi connectivity index (χ0v) is 24.0. The molecule has 1 fully saturated rings. The third-order valence-corrected chi connectivity index (χ3v) is 8.92. The van der Waals surface area contributed by atoms with Gasteiger partial charge in [0.25, 0.3) is 0 Å². The number of unbranched alkanes of at least 4 members (excludes halogenated alkanes) is 1. The SMILES string of the molecule is CCCCOc1ccc(-c2ccc(C(C)C)cc2)c2c1C(O)=C1C(=O)[C@]3(O)C(=O)C(C(C)=O)=C(C)C[C@@H]3C[C@@H]1C2. The number of fused-ring (bicyclic) bond motifs is 3. The molecule has 0 radical (unpaired) electrons. The van der Waals surface area contributed by atoms with Crippen molar-refractivity contribution in [1.82, 2.24) is 0 Å². The van der Waals surface area contributed by atoms with Gasteiger partial charge in [0.05, 0.1) is 17.7 Å². The molecule has 5 rings (SSSR count). The highest BCUT2D eigenvalue weighted by molar-refractivity contribution is 6.33. The summed E-state index contributed by atoms with van der Waals surface area (Å²) < 4.78 is 6.10. The number of Topliss-reactive ketones (excluding diaryl/α,β-unsaturated/α-hetero) is 3. The molecule has 3 aliphatic carbocycles. The monoisotopic (exact) mass is 542 g/mol. The number of aliphatic hydroxyl groups is 2. The quantitative estimate of drug-likeness (QED) is 0.242. The van der Waals surface area contributed by atoms with E-state index >= 15 is 0 Å². The molecule has 40 heavy (non-hydrogen) atoms. The van der Waals surface area contributed by atoms with Crippen molar-refractivity contribution in [3.63, 3.8) is 0 Å². The lowest BCUT2D eigenvalue weighted by atomic mass is 9.57. The van der Waals surface area contributed by atoms with Crippen LogP contribution in [0, 0.1) is 11.8 Å². The van der Waals surface area contributed by atoms with E-state index in [4.69, 9.17) is 4.74 Å². The van der Waals surface area contributed by atoms with Crippen LogP contribution in [0.15, 0.2) is 53.1 Å². The minimum absolute atomic E-state index is 0.0645. The van der Waals surface area contributed by atoms with Gasteiger partial charge in [0.2, 0.25) is 11.6 Å². The number of carbonyl (C=O) groups is 3. The third-order valence-electron chi connectivity index (χ3n) is 8.92. The maximum absolute atomic E-state index is 14.0. The molecule has 0 bridgehead atoms. The Labute approximate surface area is 235 Å². The first-order valence-corrected chi connectivity index (χ1v) is 14.4. The minimum atomic E-state index is -2.36. The number of ketones is 3. The lowest BCUT2D eigenvalue weighted by molar-refractivity contribution is -0.157. The molecular formula is C34H38O6. The van der Waals surface area contributed by atoms with Crippen LogP contribution in [0.4, 0.5) is 0 Å². The molecular weight excluding hydrogens is 504 g/mol. The van der Waals surface area contributed by atoms with Gasteiger partial charge in [0, 0.05) is 11.5 Å². The smallest absolute Gasteiger partial charge is 0.206 e. The molecule has 0 aromatic heterocycles. The number of carbonyl (C=O) groups excluding carboxylic acids is 3. The highest BCUT2D eigenvalue weighted by atomic mass is 16.5. The number of hydrogen-bond acceptors (Lipinski definition) is 6. The second-order valence-corrected chi connectivity index (χ2v) is 11.9. The van der Waals surface area contributed by atoms with E-state index in [1.807, 2.05) is 12.1 Å². The highest BCUT2D eigenvalue weighted by Crippen LogP contribution is 2.52. The first-order chi connectivity index (χ1) is 19.0. The molecule has 0 aliphatic heterocycles. The van der Waals surface area contributed by atoms with Gasteiger partial charge in [0.15, 0.2) is 11.4 Å². The van der Waals surface area contributed by atoms with E-state index in [1.165, 1.54) is 12.5 Å². The Balaban J connectivity index is 1.66. The summed E-state index contributed by atoms with van der Waals surface area (Å²) in [4.78, 5) is 39.7. The summed E-state index contributed by atoms with van der Waals surface area (Å²) >= 11 is 0. The minimum Gasteiger partial charge on any atom is -0.507 e. The number of hydrogen-bond donors (Lipinski definition) is 2. The predicted molar refractivity (Wildman–Crippen MR) is 154 cm³/mol. The van der Waals surface area contributed by atoms with Crippen molar-refractivity contribution in [3.8, 4) is 16.9 Å². The van der Waals surface area contributed by atoms with Gasteiger partial charge >= 0.3 is 0 Å². The van der Waals surface area contributed by atoms with Crippen LogP contribution in [0.1, 0.15) is 82.9 Å². The van der Waals surface area contributed by atoms with E-state index in [1.54, 1.807) is 6.92 Å². The highest BCUT2D eigenvalue weighted by Gasteiger charge is 2.60. The lowest BCUT2D eigenvalue weighted by Gasteiger charge is -2.46. The van der Waals surface area contributed by atoms with Crippen LogP contribution in [0.5, 0.6) is 5.75 Å². The number of allylic oxidation sites excluding steroid dienone is 1. The van der Waals surface area contributed by atoms with Crippen LogP contribution in [0.3, 0.4) is 0 Å². The average Bonchev–Trinajstić information content (AvgIpc) is 2.90. The Kier molecular flexibility index (Phi) is 7.34.